The van der Waals surface area contributed by atoms with Gasteiger partial charge in [-0.1, -0.05) is 31.5 Å². The lowest BCUT2D eigenvalue weighted by Crippen LogP contribution is -2.55. The maximum absolute atomic E-state index is 12.6. The maximum atomic E-state index is 12.6. The van der Waals surface area contributed by atoms with Crippen LogP contribution in [0.25, 0.3) is 10.9 Å². The third-order valence-electron chi connectivity index (χ3n) is 5.94. The number of hydrogen-bond acceptors (Lipinski definition) is 2. The molecule has 132 valence electrons. The second-order valence-corrected chi connectivity index (χ2v) is 7.46. The number of amides is 2. The minimum absolute atomic E-state index is 0.0613. The molecule has 0 radical (unpaired) electrons. The summed E-state index contributed by atoms with van der Waals surface area (Å²) in [5.41, 5.74) is 1.57. The molecule has 4 atom stereocenters. The van der Waals surface area contributed by atoms with Crippen molar-refractivity contribution >= 4 is 22.7 Å². The SMILES string of the molecule is CCC1CC(=O)NC2CC(NC(=O)c3cc4ccccc4[nH]3)CCC12. The molecule has 2 aromatic rings. The molecule has 2 heterocycles. The first-order valence-electron chi connectivity index (χ1n) is 9.32. The summed E-state index contributed by atoms with van der Waals surface area (Å²) < 4.78 is 0. The van der Waals surface area contributed by atoms with Crippen LogP contribution in [0.2, 0.25) is 0 Å². The molecular weight excluding hydrogens is 314 g/mol. The fraction of sp³-hybridized carbons (Fsp3) is 0.500. The Bertz CT molecular complexity index is 764. The molecule has 1 aliphatic carbocycles. The quantitative estimate of drug-likeness (QED) is 0.804. The number of hydrogen-bond donors (Lipinski definition) is 3. The molecule has 5 nitrogen and oxygen atoms in total. The number of para-hydroxylation sites is 1. The average Bonchev–Trinajstić information content (AvgIpc) is 3.05. The fourth-order valence-corrected chi connectivity index (χ4v) is 4.62. The lowest BCUT2D eigenvalue weighted by Gasteiger charge is -2.44. The summed E-state index contributed by atoms with van der Waals surface area (Å²) in [4.78, 5) is 27.7. The van der Waals surface area contributed by atoms with Crippen LogP contribution in [-0.2, 0) is 4.79 Å². The Morgan fingerprint density at radius 3 is 2.92 bits per heavy atom. The fourth-order valence-electron chi connectivity index (χ4n) is 4.62. The molecule has 2 fully saturated rings. The molecule has 4 rings (SSSR count). The summed E-state index contributed by atoms with van der Waals surface area (Å²) in [5.74, 6) is 1.15. The Balaban J connectivity index is 1.43. The van der Waals surface area contributed by atoms with Crippen molar-refractivity contribution in [3.63, 3.8) is 0 Å². The highest BCUT2D eigenvalue weighted by Gasteiger charge is 2.40. The van der Waals surface area contributed by atoms with Gasteiger partial charge in [0.05, 0.1) is 0 Å². The molecule has 3 N–H and O–H groups in total. The monoisotopic (exact) mass is 339 g/mol. The molecule has 0 bridgehead atoms. The van der Waals surface area contributed by atoms with Crippen molar-refractivity contribution in [3.8, 4) is 0 Å². The lowest BCUT2D eigenvalue weighted by molar-refractivity contribution is -0.127. The van der Waals surface area contributed by atoms with Crippen molar-refractivity contribution in [1.82, 2.24) is 15.6 Å². The number of fused-ring (bicyclic) bond motifs is 2. The van der Waals surface area contributed by atoms with Gasteiger partial charge in [0.2, 0.25) is 5.91 Å². The van der Waals surface area contributed by atoms with E-state index in [2.05, 4.69) is 22.5 Å². The summed E-state index contributed by atoms with van der Waals surface area (Å²) in [6, 6.07) is 10.1. The molecule has 2 amide bonds. The van der Waals surface area contributed by atoms with Crippen molar-refractivity contribution in [2.24, 2.45) is 11.8 Å². The van der Waals surface area contributed by atoms with Crippen LogP contribution in [0.1, 0.15) is 49.5 Å². The van der Waals surface area contributed by atoms with E-state index in [1.54, 1.807) is 0 Å². The molecule has 1 aromatic carbocycles. The predicted molar refractivity (Wildman–Crippen MR) is 97.2 cm³/mol. The highest BCUT2D eigenvalue weighted by atomic mass is 16.2. The number of aromatic amines is 1. The van der Waals surface area contributed by atoms with Crippen molar-refractivity contribution in [1.29, 1.82) is 0 Å². The first-order valence-corrected chi connectivity index (χ1v) is 9.32. The van der Waals surface area contributed by atoms with Crippen molar-refractivity contribution in [3.05, 3.63) is 36.0 Å². The number of carbonyl (C=O) groups excluding carboxylic acids is 2. The number of benzene rings is 1. The average molecular weight is 339 g/mol. The van der Waals surface area contributed by atoms with E-state index in [1.807, 2.05) is 30.3 Å². The second kappa shape index (κ2) is 6.54. The Labute approximate surface area is 147 Å². The van der Waals surface area contributed by atoms with Gasteiger partial charge in [0.25, 0.3) is 5.91 Å². The molecule has 4 unspecified atom stereocenters. The Morgan fingerprint density at radius 2 is 2.12 bits per heavy atom. The van der Waals surface area contributed by atoms with Gasteiger partial charge in [0.15, 0.2) is 0 Å². The standard InChI is InChI=1S/C20H25N3O2/c1-2-12-10-19(24)23-17-11-14(7-8-15(12)17)21-20(25)18-9-13-5-3-4-6-16(13)22-18/h3-6,9,12,14-15,17,22H,2,7-8,10-11H2,1H3,(H,21,25)(H,23,24). The zero-order chi connectivity index (χ0) is 17.4. The zero-order valence-electron chi connectivity index (χ0n) is 14.5. The van der Waals surface area contributed by atoms with Gasteiger partial charge in [-0.2, -0.15) is 0 Å². The van der Waals surface area contributed by atoms with Gasteiger partial charge in [-0.25, -0.2) is 0 Å². The second-order valence-electron chi connectivity index (χ2n) is 7.46. The maximum Gasteiger partial charge on any atom is 0.267 e. The van der Waals surface area contributed by atoms with Gasteiger partial charge in [-0.15, -0.1) is 0 Å². The van der Waals surface area contributed by atoms with Gasteiger partial charge < -0.3 is 15.6 Å². The Hall–Kier alpha value is -2.30. The van der Waals surface area contributed by atoms with E-state index in [9.17, 15) is 9.59 Å². The van der Waals surface area contributed by atoms with E-state index < -0.39 is 0 Å². The normalized spacial score (nSPS) is 29.1. The number of H-pyrrole nitrogens is 1. The van der Waals surface area contributed by atoms with Gasteiger partial charge in [0.1, 0.15) is 5.69 Å². The van der Waals surface area contributed by atoms with E-state index in [-0.39, 0.29) is 23.9 Å². The number of piperidine rings is 1. The first-order chi connectivity index (χ1) is 12.1. The van der Waals surface area contributed by atoms with Crippen molar-refractivity contribution in [2.45, 2.75) is 51.1 Å². The van der Waals surface area contributed by atoms with Crippen LogP contribution in [-0.4, -0.2) is 28.9 Å². The minimum Gasteiger partial charge on any atom is -0.353 e. The largest absolute Gasteiger partial charge is 0.353 e. The van der Waals surface area contributed by atoms with Crippen LogP contribution in [0.3, 0.4) is 0 Å². The van der Waals surface area contributed by atoms with E-state index >= 15 is 0 Å². The van der Waals surface area contributed by atoms with Crippen molar-refractivity contribution < 1.29 is 9.59 Å². The zero-order valence-corrected chi connectivity index (χ0v) is 14.5. The third-order valence-corrected chi connectivity index (χ3v) is 5.94. The number of nitrogens with one attached hydrogen (secondary N) is 3. The van der Waals surface area contributed by atoms with Gasteiger partial charge in [-0.05, 0) is 43.2 Å². The minimum atomic E-state index is -0.0613. The Morgan fingerprint density at radius 1 is 1.28 bits per heavy atom. The van der Waals surface area contributed by atoms with E-state index in [1.165, 1.54) is 0 Å². The molecule has 1 aliphatic heterocycles. The molecule has 1 saturated carbocycles. The highest BCUT2D eigenvalue weighted by Crippen LogP contribution is 2.37. The number of rotatable bonds is 3. The third kappa shape index (κ3) is 3.15. The van der Waals surface area contributed by atoms with Crippen LogP contribution >= 0.6 is 0 Å². The van der Waals surface area contributed by atoms with E-state index in [0.717, 1.165) is 36.6 Å². The molecule has 1 saturated heterocycles. The predicted octanol–water partition coefficient (Wildman–Crippen LogP) is 2.98. The first kappa shape index (κ1) is 16.2. The topological polar surface area (TPSA) is 74.0 Å². The smallest absolute Gasteiger partial charge is 0.267 e. The molecular formula is C20H25N3O2. The summed E-state index contributed by atoms with van der Waals surface area (Å²) in [5, 5.41) is 7.35. The van der Waals surface area contributed by atoms with Crippen LogP contribution < -0.4 is 10.6 Å². The van der Waals surface area contributed by atoms with Crippen LogP contribution in [0.4, 0.5) is 0 Å². The summed E-state index contributed by atoms with van der Waals surface area (Å²) >= 11 is 0. The molecule has 2 aliphatic rings. The van der Waals surface area contributed by atoms with Crippen LogP contribution in [0.15, 0.2) is 30.3 Å². The van der Waals surface area contributed by atoms with E-state index in [4.69, 9.17) is 0 Å². The highest BCUT2D eigenvalue weighted by molar-refractivity contribution is 5.98. The molecule has 1 aromatic heterocycles. The van der Waals surface area contributed by atoms with Gasteiger partial charge >= 0.3 is 0 Å². The number of aromatic nitrogens is 1. The van der Waals surface area contributed by atoms with Crippen LogP contribution in [0.5, 0.6) is 0 Å². The summed E-state index contributed by atoms with van der Waals surface area (Å²) in [6.07, 6.45) is 4.60. The molecule has 0 spiro atoms. The summed E-state index contributed by atoms with van der Waals surface area (Å²) in [7, 11) is 0. The van der Waals surface area contributed by atoms with Gasteiger partial charge in [-0.3, -0.25) is 9.59 Å². The van der Waals surface area contributed by atoms with Crippen molar-refractivity contribution in [2.75, 3.05) is 0 Å². The Kier molecular flexibility index (Phi) is 4.24. The van der Waals surface area contributed by atoms with E-state index in [0.29, 0.717) is 24.0 Å². The number of carbonyl (C=O) groups is 2. The summed E-state index contributed by atoms with van der Waals surface area (Å²) in [6.45, 7) is 2.17. The molecule has 5 heteroatoms. The molecule has 25 heavy (non-hydrogen) atoms. The van der Waals surface area contributed by atoms with Crippen LogP contribution in [0, 0.1) is 11.8 Å². The van der Waals surface area contributed by atoms with Gasteiger partial charge in [0, 0.05) is 29.4 Å². The lowest BCUT2D eigenvalue weighted by atomic mass is 9.70.